The summed E-state index contributed by atoms with van der Waals surface area (Å²) in [6, 6.07) is 15.2. The van der Waals surface area contributed by atoms with Crippen LogP contribution in [0.2, 0.25) is 0 Å². The molecule has 0 atom stereocenters. The van der Waals surface area contributed by atoms with Crippen LogP contribution < -0.4 is 10.2 Å². The summed E-state index contributed by atoms with van der Waals surface area (Å²) in [5.74, 6) is -0.638. The summed E-state index contributed by atoms with van der Waals surface area (Å²) >= 11 is 0.868. The van der Waals surface area contributed by atoms with E-state index in [2.05, 4.69) is 10.2 Å². The molecule has 0 saturated heterocycles. The molecule has 2 aromatic rings. The zero-order valence-corrected chi connectivity index (χ0v) is 17.5. The van der Waals surface area contributed by atoms with Gasteiger partial charge in [0.25, 0.3) is 5.91 Å². The first-order valence-corrected chi connectivity index (χ1v) is 9.87. The summed E-state index contributed by atoms with van der Waals surface area (Å²) in [4.78, 5) is 36.7. The van der Waals surface area contributed by atoms with Crippen molar-refractivity contribution >= 4 is 34.9 Å². The quantitative estimate of drug-likeness (QED) is 0.387. The van der Waals surface area contributed by atoms with Crippen LogP contribution in [0.1, 0.15) is 21.5 Å². The lowest BCUT2D eigenvalue weighted by atomic mass is 10.1. The molecule has 0 aliphatic carbocycles. The molecule has 29 heavy (non-hydrogen) atoms. The van der Waals surface area contributed by atoms with Gasteiger partial charge in [-0.05, 0) is 47.5 Å². The summed E-state index contributed by atoms with van der Waals surface area (Å²) in [6.45, 7) is 0.646. The fraction of sp³-hybridized carbons (Fsp3) is 0.227. The number of thioether (sulfide) groups is 1. The van der Waals surface area contributed by atoms with Crippen molar-refractivity contribution in [1.29, 1.82) is 0 Å². The summed E-state index contributed by atoms with van der Waals surface area (Å²) in [7, 11) is 4.88. The second-order valence-corrected chi connectivity index (χ2v) is 7.11. The lowest BCUT2D eigenvalue weighted by molar-refractivity contribution is -0.116. The molecule has 7 heteroatoms. The van der Waals surface area contributed by atoms with Crippen LogP contribution in [0.5, 0.6) is 0 Å². The number of hydrogen-bond acceptors (Lipinski definition) is 6. The Morgan fingerprint density at radius 2 is 1.83 bits per heavy atom. The van der Waals surface area contributed by atoms with E-state index in [1.54, 1.807) is 18.2 Å². The first-order chi connectivity index (χ1) is 14.0. The minimum Gasteiger partial charge on any atom is -0.465 e. The Balaban J connectivity index is 2.17. The Kier molecular flexibility index (Phi) is 8.48. The summed E-state index contributed by atoms with van der Waals surface area (Å²) < 4.78 is 4.72. The van der Waals surface area contributed by atoms with Gasteiger partial charge in [-0.2, -0.15) is 0 Å². The van der Waals surface area contributed by atoms with Crippen molar-refractivity contribution in [2.45, 2.75) is 13.0 Å². The number of benzene rings is 2. The maximum absolute atomic E-state index is 11.9. The van der Waals surface area contributed by atoms with E-state index in [0.717, 1.165) is 28.6 Å². The topological polar surface area (TPSA) is 75.7 Å². The number of anilines is 1. The number of carbonyl (C=O) groups is 3. The Hall–Kier alpha value is -3.06. The van der Waals surface area contributed by atoms with E-state index in [1.165, 1.54) is 14.2 Å². The van der Waals surface area contributed by atoms with Gasteiger partial charge in [0.15, 0.2) is 5.62 Å². The number of esters is 1. The van der Waals surface area contributed by atoms with Gasteiger partial charge in [0.1, 0.15) is 0 Å². The number of nitrogens with zero attached hydrogens (tertiary/aromatic N) is 1. The van der Waals surface area contributed by atoms with Crippen molar-refractivity contribution in [3.63, 3.8) is 0 Å². The first kappa shape index (κ1) is 22.2. The molecule has 0 bridgehead atoms. The summed E-state index contributed by atoms with van der Waals surface area (Å²) in [5.41, 5.74) is 4.27. The number of allylic oxidation sites excluding steroid dienone is 1. The number of amides is 1. The molecular formula is C22H24N2O4S. The first-order valence-electron chi connectivity index (χ1n) is 8.99. The van der Waals surface area contributed by atoms with Crippen molar-refractivity contribution in [2.75, 3.05) is 26.1 Å². The SMILES string of the molecule is CNC(=O)/C(=C/Cc1ccccc1N(C)Cc1ccc(C(=O)OC)cc1)SC=O. The number of likely N-dealkylation sites (N-methyl/N-ethyl adjacent to an activating group) is 1. The fourth-order valence-corrected chi connectivity index (χ4v) is 3.34. The molecule has 2 aromatic carbocycles. The van der Waals surface area contributed by atoms with Crippen molar-refractivity contribution in [2.24, 2.45) is 0 Å². The molecule has 0 aliphatic rings. The number of hydrogen-bond donors (Lipinski definition) is 1. The molecule has 0 unspecified atom stereocenters. The molecule has 0 spiro atoms. The highest BCUT2D eigenvalue weighted by Gasteiger charge is 2.11. The number of rotatable bonds is 9. The fourth-order valence-electron chi connectivity index (χ4n) is 2.85. The van der Waals surface area contributed by atoms with Crippen LogP contribution in [0.25, 0.3) is 0 Å². The number of methoxy groups -OCH3 is 1. The molecule has 0 heterocycles. The van der Waals surface area contributed by atoms with Gasteiger partial charge in [-0.3, -0.25) is 9.59 Å². The zero-order chi connectivity index (χ0) is 21.2. The van der Waals surface area contributed by atoms with Crippen LogP contribution in [0.3, 0.4) is 0 Å². The van der Waals surface area contributed by atoms with Crippen LogP contribution in [0, 0.1) is 0 Å². The third-order valence-corrected chi connectivity index (χ3v) is 5.03. The Bertz CT molecular complexity index is 894. The highest BCUT2D eigenvalue weighted by atomic mass is 32.2. The third kappa shape index (κ3) is 6.22. The number of carbonyl (C=O) groups excluding carboxylic acids is 3. The molecule has 152 valence electrons. The molecular weight excluding hydrogens is 388 g/mol. The van der Waals surface area contributed by atoms with Crippen molar-refractivity contribution in [1.82, 2.24) is 5.32 Å². The average Bonchev–Trinajstić information content (AvgIpc) is 2.76. The van der Waals surface area contributed by atoms with Gasteiger partial charge >= 0.3 is 5.97 Å². The van der Waals surface area contributed by atoms with Gasteiger partial charge in [-0.25, -0.2) is 4.79 Å². The van der Waals surface area contributed by atoms with Gasteiger partial charge in [0.05, 0.1) is 17.6 Å². The zero-order valence-electron chi connectivity index (χ0n) is 16.7. The minimum absolute atomic E-state index is 0.279. The molecule has 1 amide bonds. The van der Waals surface area contributed by atoms with E-state index in [9.17, 15) is 14.4 Å². The molecule has 0 aliphatic heterocycles. The number of ether oxygens (including phenoxy) is 1. The molecule has 0 aromatic heterocycles. The normalized spacial score (nSPS) is 10.9. The smallest absolute Gasteiger partial charge is 0.337 e. The van der Waals surface area contributed by atoms with E-state index in [4.69, 9.17) is 4.74 Å². The van der Waals surface area contributed by atoms with E-state index in [1.807, 2.05) is 43.4 Å². The maximum Gasteiger partial charge on any atom is 0.337 e. The van der Waals surface area contributed by atoms with Crippen molar-refractivity contribution in [3.05, 3.63) is 76.2 Å². The van der Waals surface area contributed by atoms with Crippen molar-refractivity contribution < 1.29 is 19.1 Å². The summed E-state index contributed by atoms with van der Waals surface area (Å²) in [5, 5.41) is 2.54. The molecule has 2 rings (SSSR count). The Morgan fingerprint density at radius 3 is 2.45 bits per heavy atom. The molecule has 6 nitrogen and oxygen atoms in total. The van der Waals surface area contributed by atoms with Crippen LogP contribution in [-0.2, 0) is 27.3 Å². The van der Waals surface area contributed by atoms with Gasteiger partial charge in [0.2, 0.25) is 0 Å². The van der Waals surface area contributed by atoms with Crippen molar-refractivity contribution in [3.8, 4) is 0 Å². The van der Waals surface area contributed by atoms with Crippen LogP contribution in [0.15, 0.2) is 59.5 Å². The Labute approximate surface area is 174 Å². The van der Waals surface area contributed by atoms with E-state index in [-0.39, 0.29) is 11.9 Å². The summed E-state index contributed by atoms with van der Waals surface area (Å²) in [6.07, 6.45) is 2.28. The van der Waals surface area contributed by atoms with Gasteiger partial charge in [-0.15, -0.1) is 0 Å². The largest absolute Gasteiger partial charge is 0.465 e. The molecule has 1 N–H and O–H groups in total. The van der Waals surface area contributed by atoms with Gasteiger partial charge in [-0.1, -0.05) is 36.4 Å². The lowest BCUT2D eigenvalue weighted by Crippen LogP contribution is -2.19. The molecule has 0 radical (unpaired) electrons. The van der Waals surface area contributed by atoms with E-state index in [0.29, 0.717) is 29.1 Å². The predicted octanol–water partition coefficient (Wildman–Crippen LogP) is 3.21. The van der Waals surface area contributed by atoms with E-state index < -0.39 is 0 Å². The third-order valence-electron chi connectivity index (χ3n) is 4.33. The average molecular weight is 413 g/mol. The maximum atomic E-state index is 11.9. The second-order valence-electron chi connectivity index (χ2n) is 6.24. The molecule has 0 fully saturated rings. The number of para-hydroxylation sites is 1. The Morgan fingerprint density at radius 1 is 1.14 bits per heavy atom. The van der Waals surface area contributed by atoms with Gasteiger partial charge < -0.3 is 15.0 Å². The highest BCUT2D eigenvalue weighted by molar-refractivity contribution is 8.16. The number of nitrogens with one attached hydrogen (secondary N) is 1. The standard InChI is InChI=1S/C22H24N2O4S/c1-23-21(26)20(29-15-25)13-12-17-6-4-5-7-19(17)24(2)14-16-8-10-18(11-9-16)22(27)28-3/h4-11,13,15H,12,14H2,1-3H3,(H,23,26)/b20-13-. The van der Waals surface area contributed by atoms with Crippen LogP contribution in [0.4, 0.5) is 5.69 Å². The lowest BCUT2D eigenvalue weighted by Gasteiger charge is -2.22. The monoisotopic (exact) mass is 412 g/mol. The highest BCUT2D eigenvalue weighted by Crippen LogP contribution is 2.23. The van der Waals surface area contributed by atoms with E-state index >= 15 is 0 Å². The van der Waals surface area contributed by atoms with Crippen LogP contribution in [-0.4, -0.2) is 38.7 Å². The van der Waals surface area contributed by atoms with Crippen LogP contribution >= 0.6 is 11.8 Å². The molecule has 0 saturated carbocycles. The predicted molar refractivity (Wildman–Crippen MR) is 117 cm³/mol. The second kappa shape index (κ2) is 11.1. The van der Waals surface area contributed by atoms with Gasteiger partial charge in [0, 0.05) is 26.3 Å². The minimum atomic E-state index is -0.359.